The third-order valence-corrected chi connectivity index (χ3v) is 4.77. The summed E-state index contributed by atoms with van der Waals surface area (Å²) in [4.78, 5) is 19.0. The maximum Gasteiger partial charge on any atom is 0.277 e. The first-order valence-corrected chi connectivity index (χ1v) is 8.05. The zero-order valence-corrected chi connectivity index (χ0v) is 13.1. The number of para-hydroxylation sites is 1. The molecule has 1 amide bonds. The van der Waals surface area contributed by atoms with Crippen molar-refractivity contribution in [3.8, 4) is 0 Å². The smallest absolute Gasteiger partial charge is 0.277 e. The second kappa shape index (κ2) is 5.58. The van der Waals surface area contributed by atoms with E-state index in [1.807, 2.05) is 35.4 Å². The summed E-state index contributed by atoms with van der Waals surface area (Å²) in [6.07, 6.45) is 1.02. The summed E-state index contributed by atoms with van der Waals surface area (Å²) in [6, 6.07) is 7.97. The number of hydrogen-bond donors (Lipinski definition) is 1. The molecule has 0 spiro atoms. The van der Waals surface area contributed by atoms with Gasteiger partial charge in [0.2, 0.25) is 0 Å². The van der Waals surface area contributed by atoms with Crippen LogP contribution in [-0.4, -0.2) is 17.4 Å². The molecule has 0 aliphatic carbocycles. The number of thiazole rings is 1. The third kappa shape index (κ3) is 2.71. The summed E-state index contributed by atoms with van der Waals surface area (Å²) in [5.41, 5.74) is 8.56. The molecular formula is C16H19N3OS. The maximum atomic E-state index is 12.8. The molecule has 21 heavy (non-hydrogen) atoms. The van der Waals surface area contributed by atoms with E-state index in [2.05, 4.69) is 18.0 Å². The molecule has 0 fully saturated rings. The number of fused-ring (bicyclic) bond motifs is 1. The summed E-state index contributed by atoms with van der Waals surface area (Å²) in [5, 5.41) is 2.61. The average molecular weight is 301 g/mol. The molecule has 2 heterocycles. The van der Waals surface area contributed by atoms with Crippen LogP contribution in [0.15, 0.2) is 29.6 Å². The Labute approximate surface area is 128 Å². The van der Waals surface area contributed by atoms with Crippen molar-refractivity contribution < 1.29 is 4.79 Å². The van der Waals surface area contributed by atoms with Gasteiger partial charge in [0.1, 0.15) is 10.7 Å². The topological polar surface area (TPSA) is 59.2 Å². The number of aromatic nitrogens is 1. The summed E-state index contributed by atoms with van der Waals surface area (Å²) >= 11 is 1.45. The van der Waals surface area contributed by atoms with E-state index in [0.717, 1.165) is 23.7 Å². The highest BCUT2D eigenvalue weighted by molar-refractivity contribution is 7.09. The van der Waals surface area contributed by atoms with Gasteiger partial charge in [-0.2, -0.15) is 0 Å². The molecule has 0 radical (unpaired) electrons. The van der Waals surface area contributed by atoms with Crippen LogP contribution in [0.2, 0.25) is 0 Å². The minimum Gasteiger partial charge on any atom is -0.322 e. The number of hydrogen-bond acceptors (Lipinski definition) is 4. The Kier molecular flexibility index (Phi) is 3.78. The number of amides is 1. The van der Waals surface area contributed by atoms with Crippen molar-refractivity contribution in [1.82, 2.24) is 4.98 Å². The lowest BCUT2D eigenvalue weighted by Gasteiger charge is -2.32. The minimum absolute atomic E-state index is 0.0304. The van der Waals surface area contributed by atoms with Crippen molar-refractivity contribution in [2.45, 2.75) is 26.3 Å². The van der Waals surface area contributed by atoms with Crippen LogP contribution in [0.3, 0.4) is 0 Å². The van der Waals surface area contributed by atoms with Gasteiger partial charge >= 0.3 is 0 Å². The molecule has 0 saturated carbocycles. The van der Waals surface area contributed by atoms with Crippen molar-refractivity contribution in [1.29, 1.82) is 0 Å². The van der Waals surface area contributed by atoms with Crippen LogP contribution in [0.4, 0.5) is 5.69 Å². The monoisotopic (exact) mass is 301 g/mol. The van der Waals surface area contributed by atoms with Crippen LogP contribution < -0.4 is 10.6 Å². The van der Waals surface area contributed by atoms with Gasteiger partial charge in [-0.15, -0.1) is 11.3 Å². The molecule has 3 rings (SSSR count). The van der Waals surface area contributed by atoms with Gasteiger partial charge in [-0.1, -0.05) is 25.1 Å². The predicted molar refractivity (Wildman–Crippen MR) is 85.7 cm³/mol. The zero-order chi connectivity index (χ0) is 15.0. The van der Waals surface area contributed by atoms with Gasteiger partial charge in [0, 0.05) is 17.6 Å². The minimum atomic E-state index is -0.135. The van der Waals surface area contributed by atoms with Gasteiger partial charge in [-0.05, 0) is 30.9 Å². The van der Waals surface area contributed by atoms with Gasteiger partial charge in [-0.3, -0.25) is 4.79 Å². The molecule has 1 aromatic heterocycles. The lowest BCUT2D eigenvalue weighted by molar-refractivity contribution is 0.0976. The molecule has 1 aliphatic heterocycles. The van der Waals surface area contributed by atoms with Crippen molar-refractivity contribution in [2.75, 3.05) is 11.4 Å². The van der Waals surface area contributed by atoms with Gasteiger partial charge in [0.15, 0.2) is 0 Å². The number of carbonyl (C=O) groups excluding carboxylic acids is 1. The Bertz CT molecular complexity index is 665. The highest BCUT2D eigenvalue weighted by atomic mass is 32.1. The highest BCUT2D eigenvalue weighted by Crippen LogP contribution is 2.31. The van der Waals surface area contributed by atoms with Crippen LogP contribution in [0.1, 0.15) is 40.9 Å². The largest absolute Gasteiger partial charge is 0.322 e. The molecule has 2 aromatic rings. The number of nitrogens with zero attached hydrogens (tertiary/aromatic N) is 2. The van der Waals surface area contributed by atoms with E-state index in [0.29, 0.717) is 11.6 Å². The van der Waals surface area contributed by atoms with Crippen LogP contribution in [-0.2, 0) is 6.42 Å². The van der Waals surface area contributed by atoms with E-state index in [9.17, 15) is 4.79 Å². The number of carbonyl (C=O) groups is 1. The van der Waals surface area contributed by atoms with Crippen molar-refractivity contribution in [3.63, 3.8) is 0 Å². The number of rotatable bonds is 2. The fourth-order valence-electron chi connectivity index (χ4n) is 2.72. The first kappa shape index (κ1) is 14.2. The summed E-state index contributed by atoms with van der Waals surface area (Å²) in [6.45, 7) is 4.79. The van der Waals surface area contributed by atoms with Crippen molar-refractivity contribution in [3.05, 3.63) is 45.9 Å². The van der Waals surface area contributed by atoms with Gasteiger partial charge in [0.05, 0.1) is 6.04 Å². The maximum absolute atomic E-state index is 12.8. The summed E-state index contributed by atoms with van der Waals surface area (Å²) in [7, 11) is 0. The number of anilines is 1. The zero-order valence-electron chi connectivity index (χ0n) is 12.2. The predicted octanol–water partition coefficient (Wildman–Crippen LogP) is 3.00. The van der Waals surface area contributed by atoms with Gasteiger partial charge < -0.3 is 10.6 Å². The Morgan fingerprint density at radius 1 is 1.48 bits per heavy atom. The lowest BCUT2D eigenvalue weighted by Crippen LogP contribution is -2.39. The fraction of sp³-hybridized carbons (Fsp3) is 0.375. The second-order valence-electron chi connectivity index (χ2n) is 5.71. The van der Waals surface area contributed by atoms with E-state index < -0.39 is 0 Å². The molecule has 0 bridgehead atoms. The highest BCUT2D eigenvalue weighted by Gasteiger charge is 2.28. The van der Waals surface area contributed by atoms with Crippen LogP contribution in [0, 0.1) is 5.92 Å². The quantitative estimate of drug-likeness (QED) is 0.927. The van der Waals surface area contributed by atoms with E-state index in [-0.39, 0.29) is 11.9 Å². The molecule has 110 valence electrons. The second-order valence-corrected chi connectivity index (χ2v) is 6.60. The molecular weight excluding hydrogens is 282 g/mol. The molecule has 0 saturated heterocycles. The van der Waals surface area contributed by atoms with Crippen molar-refractivity contribution in [2.24, 2.45) is 11.7 Å². The Hall–Kier alpha value is -1.72. The van der Waals surface area contributed by atoms with E-state index in [1.165, 1.54) is 16.9 Å². The lowest BCUT2D eigenvalue weighted by atomic mass is 9.94. The van der Waals surface area contributed by atoms with E-state index in [4.69, 9.17) is 5.73 Å². The molecule has 1 aliphatic rings. The van der Waals surface area contributed by atoms with E-state index in [1.54, 1.807) is 0 Å². The standard InChI is InChI=1S/C16H19N3OS/c1-10-7-12-5-3-4-6-14(12)19(8-10)16(20)13-9-21-15(18-13)11(2)17/h3-6,9-11H,7-8,17H2,1-2H3. The SMILES string of the molecule is CC1Cc2ccccc2N(C(=O)c2csc(C(C)N)n2)C1. The molecule has 2 unspecified atom stereocenters. The molecule has 4 nitrogen and oxygen atoms in total. The first-order valence-electron chi connectivity index (χ1n) is 7.17. The van der Waals surface area contributed by atoms with Crippen LogP contribution in [0.25, 0.3) is 0 Å². The third-order valence-electron chi connectivity index (χ3n) is 3.72. The Morgan fingerprint density at radius 2 is 2.24 bits per heavy atom. The molecule has 2 N–H and O–H groups in total. The number of benzene rings is 1. The first-order chi connectivity index (χ1) is 10.1. The van der Waals surface area contributed by atoms with Crippen LogP contribution in [0.5, 0.6) is 0 Å². The normalized spacial score (nSPS) is 19.2. The average Bonchev–Trinajstić information content (AvgIpc) is 2.95. The molecule has 2 atom stereocenters. The Morgan fingerprint density at radius 3 is 2.95 bits per heavy atom. The molecule has 5 heteroatoms. The fourth-order valence-corrected chi connectivity index (χ4v) is 3.47. The summed E-state index contributed by atoms with van der Waals surface area (Å²) in [5.74, 6) is 0.424. The van der Waals surface area contributed by atoms with Crippen molar-refractivity contribution >= 4 is 22.9 Å². The van der Waals surface area contributed by atoms with Gasteiger partial charge in [0.25, 0.3) is 5.91 Å². The number of nitrogens with two attached hydrogens (primary N) is 1. The molecule has 1 aromatic carbocycles. The van der Waals surface area contributed by atoms with Gasteiger partial charge in [-0.25, -0.2) is 4.98 Å². The summed E-state index contributed by atoms with van der Waals surface area (Å²) < 4.78 is 0. The van der Waals surface area contributed by atoms with Crippen LogP contribution >= 0.6 is 11.3 Å². The Balaban J connectivity index is 1.94. The van der Waals surface area contributed by atoms with E-state index >= 15 is 0 Å².